The van der Waals surface area contributed by atoms with Crippen molar-refractivity contribution in [3.63, 3.8) is 0 Å². The van der Waals surface area contributed by atoms with Crippen molar-refractivity contribution in [1.29, 1.82) is 0 Å². The second-order valence-electron chi connectivity index (χ2n) is 11.6. The molecule has 0 amide bonds. The first-order valence-electron chi connectivity index (χ1n) is 16.6. The van der Waals surface area contributed by atoms with Crippen molar-refractivity contribution >= 4 is 0 Å². The molecule has 0 spiro atoms. The molecular weight excluding hydrogens is 408 g/mol. The van der Waals surface area contributed by atoms with E-state index >= 15 is 0 Å². The first-order chi connectivity index (χ1) is 16.8. The van der Waals surface area contributed by atoms with E-state index in [4.69, 9.17) is 0 Å². The summed E-state index contributed by atoms with van der Waals surface area (Å²) >= 11 is 0. The lowest BCUT2D eigenvalue weighted by molar-refractivity contribution is 0.495. The van der Waals surface area contributed by atoms with E-state index in [9.17, 15) is 0 Å². The minimum Gasteiger partial charge on any atom is -0.0654 e. The molecule has 0 heterocycles. The van der Waals surface area contributed by atoms with E-state index in [1.54, 1.807) is 0 Å². The average molecular weight is 478 g/mol. The van der Waals surface area contributed by atoms with Gasteiger partial charge < -0.3 is 0 Å². The van der Waals surface area contributed by atoms with Crippen LogP contribution >= 0.6 is 0 Å². The zero-order valence-electron chi connectivity index (χ0n) is 24.7. The van der Waals surface area contributed by atoms with E-state index < -0.39 is 0 Å². The highest BCUT2D eigenvalue weighted by Gasteiger charge is 2.03. The summed E-state index contributed by atoms with van der Waals surface area (Å²) in [5.41, 5.74) is 0. The molecule has 1 atom stereocenters. The monoisotopic (exact) mass is 478 g/mol. The largest absolute Gasteiger partial charge is 0.0654 e. The van der Waals surface area contributed by atoms with Crippen LogP contribution in [0.25, 0.3) is 0 Å². The quantitative estimate of drug-likeness (QED) is 0.0902. The molecule has 0 saturated heterocycles. The molecular formula is C34H69. The van der Waals surface area contributed by atoms with Gasteiger partial charge in [0.15, 0.2) is 0 Å². The van der Waals surface area contributed by atoms with Gasteiger partial charge >= 0.3 is 0 Å². The number of hydrogen-bond acceptors (Lipinski definition) is 0. The highest BCUT2D eigenvalue weighted by Crippen LogP contribution is 2.19. The SMILES string of the molecule is CCCCCCCCCCCCCCCCC[CH]C(C)CCCCCCCCCCCCCC. The van der Waals surface area contributed by atoms with Crippen molar-refractivity contribution in [2.75, 3.05) is 0 Å². The average Bonchev–Trinajstić information content (AvgIpc) is 2.84. The molecule has 34 heavy (non-hydrogen) atoms. The van der Waals surface area contributed by atoms with Crippen molar-refractivity contribution in [1.82, 2.24) is 0 Å². The minimum atomic E-state index is 0.842. The molecule has 1 unspecified atom stereocenters. The van der Waals surface area contributed by atoms with Crippen molar-refractivity contribution in [2.24, 2.45) is 5.92 Å². The normalized spacial score (nSPS) is 12.4. The van der Waals surface area contributed by atoms with Gasteiger partial charge in [-0.15, -0.1) is 0 Å². The lowest BCUT2D eigenvalue weighted by Gasteiger charge is -2.10. The van der Waals surface area contributed by atoms with Crippen LogP contribution in [0.15, 0.2) is 0 Å². The van der Waals surface area contributed by atoms with Crippen molar-refractivity contribution < 1.29 is 0 Å². The van der Waals surface area contributed by atoms with Gasteiger partial charge in [-0.3, -0.25) is 0 Å². The summed E-state index contributed by atoms with van der Waals surface area (Å²) in [6.45, 7) is 7.06. The molecule has 0 aromatic carbocycles. The van der Waals surface area contributed by atoms with Gasteiger partial charge in [0.1, 0.15) is 0 Å². The molecule has 0 aliphatic heterocycles. The van der Waals surface area contributed by atoms with Gasteiger partial charge in [-0.05, 0) is 18.8 Å². The number of unbranched alkanes of at least 4 members (excludes halogenated alkanes) is 26. The number of rotatable bonds is 30. The molecule has 0 aromatic heterocycles. The fourth-order valence-electron chi connectivity index (χ4n) is 5.34. The molecule has 0 heteroatoms. The molecule has 1 radical (unpaired) electrons. The molecule has 0 aliphatic carbocycles. The Hall–Kier alpha value is 0. The Labute approximate surface area is 219 Å². The third-order valence-electron chi connectivity index (χ3n) is 7.89. The minimum absolute atomic E-state index is 0.842. The smallest absolute Gasteiger partial charge is 0.0358 e. The Morgan fingerprint density at radius 3 is 0.941 bits per heavy atom. The zero-order chi connectivity index (χ0) is 24.8. The van der Waals surface area contributed by atoms with Gasteiger partial charge in [-0.2, -0.15) is 0 Å². The van der Waals surface area contributed by atoms with E-state index in [1.165, 1.54) is 186 Å². The molecule has 0 bridgehead atoms. The highest BCUT2D eigenvalue weighted by atomic mass is 14.1. The van der Waals surface area contributed by atoms with Crippen LogP contribution in [-0.4, -0.2) is 0 Å². The van der Waals surface area contributed by atoms with Crippen LogP contribution < -0.4 is 0 Å². The maximum atomic E-state index is 2.63. The van der Waals surface area contributed by atoms with Crippen LogP contribution in [0.2, 0.25) is 0 Å². The van der Waals surface area contributed by atoms with Crippen LogP contribution in [0, 0.1) is 12.3 Å². The predicted octanol–water partition coefficient (Wildman–Crippen LogP) is 13.2. The van der Waals surface area contributed by atoms with Gasteiger partial charge in [0.2, 0.25) is 0 Å². The fourth-order valence-corrected chi connectivity index (χ4v) is 5.34. The van der Waals surface area contributed by atoms with Gasteiger partial charge in [0.25, 0.3) is 0 Å². The van der Waals surface area contributed by atoms with E-state index in [1.807, 2.05) is 0 Å². The summed E-state index contributed by atoms with van der Waals surface area (Å²) < 4.78 is 0. The Balaban J connectivity index is 3.13. The highest BCUT2D eigenvalue weighted by molar-refractivity contribution is 4.72. The van der Waals surface area contributed by atoms with Crippen molar-refractivity contribution in [3.05, 3.63) is 6.42 Å². The van der Waals surface area contributed by atoms with Crippen LogP contribution in [0.3, 0.4) is 0 Å². The maximum absolute atomic E-state index is 2.63. The van der Waals surface area contributed by atoms with Crippen LogP contribution in [0.1, 0.15) is 207 Å². The van der Waals surface area contributed by atoms with E-state index in [0.717, 1.165) is 5.92 Å². The lowest BCUT2D eigenvalue weighted by atomic mass is 9.95. The van der Waals surface area contributed by atoms with Crippen LogP contribution in [0.4, 0.5) is 0 Å². The van der Waals surface area contributed by atoms with Gasteiger partial charge in [0, 0.05) is 0 Å². The third-order valence-corrected chi connectivity index (χ3v) is 7.89. The number of hydrogen-bond donors (Lipinski definition) is 0. The summed E-state index contributed by atoms with van der Waals surface area (Å²) in [5, 5.41) is 0. The van der Waals surface area contributed by atoms with Crippen LogP contribution in [0.5, 0.6) is 0 Å². The Kier molecular flexibility index (Phi) is 31.0. The molecule has 0 rings (SSSR count). The summed E-state index contributed by atoms with van der Waals surface area (Å²) in [7, 11) is 0. The summed E-state index contributed by atoms with van der Waals surface area (Å²) in [6, 6.07) is 0. The second kappa shape index (κ2) is 31.0. The van der Waals surface area contributed by atoms with Crippen molar-refractivity contribution in [3.8, 4) is 0 Å². The molecule has 0 fully saturated rings. The molecule has 205 valence electrons. The third kappa shape index (κ3) is 30.0. The summed E-state index contributed by atoms with van der Waals surface area (Å²) in [5.74, 6) is 0.842. The standard InChI is InChI=1S/C34H69/c1-4-6-8-10-12-14-16-18-19-20-21-23-25-27-29-31-33-34(3)32-30-28-26-24-22-17-15-13-11-9-7-5-2/h33-34H,4-32H2,1-3H3. The van der Waals surface area contributed by atoms with E-state index in [2.05, 4.69) is 27.2 Å². The summed E-state index contributed by atoms with van der Waals surface area (Å²) in [6.07, 6.45) is 44.9. The molecule has 0 nitrogen and oxygen atoms in total. The topological polar surface area (TPSA) is 0 Å². The zero-order valence-corrected chi connectivity index (χ0v) is 24.7. The first-order valence-corrected chi connectivity index (χ1v) is 16.6. The predicted molar refractivity (Wildman–Crippen MR) is 159 cm³/mol. The van der Waals surface area contributed by atoms with E-state index in [-0.39, 0.29) is 0 Å². The first kappa shape index (κ1) is 34.0. The van der Waals surface area contributed by atoms with E-state index in [0.29, 0.717) is 0 Å². The molecule has 0 N–H and O–H groups in total. The van der Waals surface area contributed by atoms with Gasteiger partial charge in [-0.1, -0.05) is 201 Å². The Morgan fingerprint density at radius 2 is 0.618 bits per heavy atom. The van der Waals surface area contributed by atoms with Gasteiger partial charge in [0.05, 0.1) is 0 Å². The molecule has 0 saturated carbocycles. The second-order valence-corrected chi connectivity index (χ2v) is 11.6. The van der Waals surface area contributed by atoms with Gasteiger partial charge in [-0.25, -0.2) is 0 Å². The molecule has 0 aliphatic rings. The van der Waals surface area contributed by atoms with Crippen LogP contribution in [-0.2, 0) is 0 Å². The van der Waals surface area contributed by atoms with Crippen molar-refractivity contribution in [2.45, 2.75) is 207 Å². The lowest BCUT2D eigenvalue weighted by Crippen LogP contribution is -1.96. The summed E-state index contributed by atoms with van der Waals surface area (Å²) in [4.78, 5) is 0. The Bertz CT molecular complexity index is 333. The molecule has 0 aromatic rings. The Morgan fingerprint density at radius 1 is 0.353 bits per heavy atom. The fraction of sp³-hybridized carbons (Fsp3) is 0.971. The maximum Gasteiger partial charge on any atom is -0.0358 e.